The standard InChI is InChI=1S/C21H21N3O5/c1-12(24-19(26)15-8-4-5-9-16(15)20(24)27)21(28)29-13(2)18(25)23-17-10-6-3-7-14(17)11-22/h3-7,10,12-13,15-16H,8-9H2,1-2H3,(H,23,25)/t12-,13-,15-,16-/m0/s1. The van der Waals surface area contributed by atoms with E-state index in [0.29, 0.717) is 18.5 Å². The van der Waals surface area contributed by atoms with E-state index in [0.717, 1.165) is 4.90 Å². The first-order chi connectivity index (χ1) is 13.8. The lowest BCUT2D eigenvalue weighted by Crippen LogP contribution is -2.46. The Morgan fingerprint density at radius 1 is 1.14 bits per heavy atom. The number of esters is 1. The molecule has 1 heterocycles. The second-order valence-corrected chi connectivity index (χ2v) is 7.10. The molecule has 0 radical (unpaired) electrons. The van der Waals surface area contributed by atoms with E-state index >= 15 is 0 Å². The predicted molar refractivity (Wildman–Crippen MR) is 102 cm³/mol. The van der Waals surface area contributed by atoms with E-state index in [9.17, 15) is 19.2 Å². The van der Waals surface area contributed by atoms with Gasteiger partial charge in [-0.15, -0.1) is 0 Å². The minimum absolute atomic E-state index is 0.275. The summed E-state index contributed by atoms with van der Waals surface area (Å²) in [6.07, 6.45) is 3.51. The summed E-state index contributed by atoms with van der Waals surface area (Å²) in [5.41, 5.74) is 0.578. The van der Waals surface area contributed by atoms with E-state index in [2.05, 4.69) is 5.32 Å². The van der Waals surface area contributed by atoms with Crippen LogP contribution in [0.5, 0.6) is 0 Å². The topological polar surface area (TPSA) is 117 Å². The third kappa shape index (κ3) is 3.90. The Morgan fingerprint density at radius 2 is 1.72 bits per heavy atom. The van der Waals surface area contributed by atoms with Crippen LogP contribution in [0.3, 0.4) is 0 Å². The van der Waals surface area contributed by atoms with Gasteiger partial charge >= 0.3 is 5.97 Å². The van der Waals surface area contributed by atoms with Crippen LogP contribution < -0.4 is 5.32 Å². The highest BCUT2D eigenvalue weighted by Gasteiger charge is 2.50. The number of carbonyl (C=O) groups excluding carboxylic acids is 4. The maximum absolute atomic E-state index is 12.6. The normalized spacial score (nSPS) is 22.4. The number of allylic oxidation sites excluding steroid dienone is 2. The van der Waals surface area contributed by atoms with Gasteiger partial charge in [0, 0.05) is 0 Å². The van der Waals surface area contributed by atoms with Crippen molar-refractivity contribution >= 4 is 29.4 Å². The molecule has 0 spiro atoms. The number of fused-ring (bicyclic) bond motifs is 1. The highest BCUT2D eigenvalue weighted by atomic mass is 16.5. The van der Waals surface area contributed by atoms with Gasteiger partial charge in [-0.05, 0) is 38.8 Å². The van der Waals surface area contributed by atoms with Crippen molar-refractivity contribution in [2.75, 3.05) is 5.32 Å². The van der Waals surface area contributed by atoms with Crippen LogP contribution in [0.15, 0.2) is 36.4 Å². The summed E-state index contributed by atoms with van der Waals surface area (Å²) in [5.74, 6) is -3.10. The molecule has 29 heavy (non-hydrogen) atoms. The lowest BCUT2D eigenvalue weighted by Gasteiger charge is -2.23. The van der Waals surface area contributed by atoms with E-state index < -0.39 is 35.9 Å². The van der Waals surface area contributed by atoms with Crippen molar-refractivity contribution in [2.24, 2.45) is 11.8 Å². The summed E-state index contributed by atoms with van der Waals surface area (Å²) in [4.78, 5) is 51.0. The largest absolute Gasteiger partial charge is 0.451 e. The molecular formula is C21H21N3O5. The quantitative estimate of drug-likeness (QED) is 0.461. The van der Waals surface area contributed by atoms with Gasteiger partial charge in [0.25, 0.3) is 5.91 Å². The van der Waals surface area contributed by atoms with Gasteiger partial charge in [0.2, 0.25) is 11.8 Å². The average Bonchev–Trinajstić information content (AvgIpc) is 2.98. The zero-order chi connectivity index (χ0) is 21.1. The van der Waals surface area contributed by atoms with Crippen molar-refractivity contribution in [3.05, 3.63) is 42.0 Å². The van der Waals surface area contributed by atoms with E-state index in [1.54, 1.807) is 24.3 Å². The molecule has 0 aromatic heterocycles. The molecule has 1 aliphatic heterocycles. The van der Waals surface area contributed by atoms with Gasteiger partial charge in [-0.2, -0.15) is 5.26 Å². The average molecular weight is 395 g/mol. The fourth-order valence-corrected chi connectivity index (χ4v) is 3.56. The van der Waals surface area contributed by atoms with Crippen LogP contribution in [-0.2, 0) is 23.9 Å². The number of nitrogens with one attached hydrogen (secondary N) is 1. The maximum Gasteiger partial charge on any atom is 0.329 e. The van der Waals surface area contributed by atoms with Gasteiger partial charge in [0.05, 0.1) is 23.1 Å². The van der Waals surface area contributed by atoms with Crippen LogP contribution in [0.2, 0.25) is 0 Å². The van der Waals surface area contributed by atoms with E-state index in [1.807, 2.05) is 18.2 Å². The number of carbonyl (C=O) groups is 4. The first-order valence-electron chi connectivity index (χ1n) is 9.37. The molecule has 3 rings (SSSR count). The monoisotopic (exact) mass is 395 g/mol. The minimum Gasteiger partial charge on any atom is -0.451 e. The number of hydrogen-bond acceptors (Lipinski definition) is 6. The highest BCUT2D eigenvalue weighted by Crippen LogP contribution is 2.36. The van der Waals surface area contributed by atoms with Crippen molar-refractivity contribution in [3.8, 4) is 6.07 Å². The molecule has 3 amide bonds. The number of benzene rings is 1. The Labute approximate surface area is 168 Å². The lowest BCUT2D eigenvalue weighted by molar-refractivity contribution is -0.163. The van der Waals surface area contributed by atoms with Crippen molar-refractivity contribution in [3.63, 3.8) is 0 Å². The Hall–Kier alpha value is -3.47. The zero-order valence-electron chi connectivity index (χ0n) is 16.1. The van der Waals surface area contributed by atoms with E-state index in [4.69, 9.17) is 10.00 Å². The Bertz CT molecular complexity index is 906. The molecule has 1 aromatic carbocycles. The predicted octanol–water partition coefficient (Wildman–Crippen LogP) is 1.77. The minimum atomic E-state index is -1.17. The highest BCUT2D eigenvalue weighted by molar-refractivity contribution is 6.08. The van der Waals surface area contributed by atoms with E-state index in [-0.39, 0.29) is 17.4 Å². The summed E-state index contributed by atoms with van der Waals surface area (Å²) in [5, 5.41) is 11.6. The number of hydrogen-bond donors (Lipinski definition) is 1. The number of nitrogens with zero attached hydrogens (tertiary/aromatic N) is 2. The van der Waals surface area contributed by atoms with Crippen LogP contribution in [0.4, 0.5) is 5.69 Å². The number of amides is 3. The second-order valence-electron chi connectivity index (χ2n) is 7.10. The van der Waals surface area contributed by atoms with Gasteiger partial charge < -0.3 is 10.1 Å². The number of ether oxygens (including phenoxy) is 1. The summed E-state index contributed by atoms with van der Waals surface area (Å²) >= 11 is 0. The Kier molecular flexibility index (Phi) is 5.78. The summed E-state index contributed by atoms with van der Waals surface area (Å²) in [7, 11) is 0. The number of likely N-dealkylation sites (tertiary alicyclic amines) is 1. The smallest absolute Gasteiger partial charge is 0.329 e. The fraction of sp³-hybridized carbons (Fsp3) is 0.381. The van der Waals surface area contributed by atoms with Crippen molar-refractivity contribution < 1.29 is 23.9 Å². The zero-order valence-corrected chi connectivity index (χ0v) is 16.1. The van der Waals surface area contributed by atoms with Crippen molar-refractivity contribution in [2.45, 2.75) is 38.8 Å². The molecule has 1 fully saturated rings. The molecule has 0 bridgehead atoms. The fourth-order valence-electron chi connectivity index (χ4n) is 3.56. The molecule has 0 saturated carbocycles. The third-order valence-corrected chi connectivity index (χ3v) is 5.24. The number of rotatable bonds is 5. The molecule has 150 valence electrons. The molecule has 8 heteroatoms. The van der Waals surface area contributed by atoms with Gasteiger partial charge in [0.1, 0.15) is 12.1 Å². The summed E-state index contributed by atoms with van der Waals surface area (Å²) in [6, 6.07) is 7.27. The summed E-state index contributed by atoms with van der Waals surface area (Å²) < 4.78 is 5.19. The Morgan fingerprint density at radius 3 is 2.31 bits per heavy atom. The van der Waals surface area contributed by atoms with E-state index in [1.165, 1.54) is 13.8 Å². The maximum atomic E-state index is 12.6. The molecule has 1 aliphatic carbocycles. The molecule has 2 aliphatic rings. The number of para-hydroxylation sites is 1. The third-order valence-electron chi connectivity index (χ3n) is 5.24. The van der Waals surface area contributed by atoms with Gasteiger partial charge in [-0.25, -0.2) is 4.79 Å². The number of nitriles is 1. The van der Waals surface area contributed by atoms with Gasteiger partial charge in [0.15, 0.2) is 6.10 Å². The lowest BCUT2D eigenvalue weighted by atomic mass is 9.85. The number of imide groups is 1. The van der Waals surface area contributed by atoms with Crippen LogP contribution in [0.25, 0.3) is 0 Å². The first-order valence-corrected chi connectivity index (χ1v) is 9.37. The van der Waals surface area contributed by atoms with Crippen LogP contribution >= 0.6 is 0 Å². The molecule has 0 unspecified atom stereocenters. The second kappa shape index (κ2) is 8.27. The first kappa shape index (κ1) is 20.3. The molecular weight excluding hydrogens is 374 g/mol. The van der Waals surface area contributed by atoms with Crippen molar-refractivity contribution in [1.82, 2.24) is 4.90 Å². The molecule has 1 saturated heterocycles. The molecule has 1 N–H and O–H groups in total. The Balaban J connectivity index is 1.63. The van der Waals surface area contributed by atoms with Gasteiger partial charge in [-0.1, -0.05) is 24.3 Å². The van der Waals surface area contributed by atoms with Gasteiger partial charge in [-0.3, -0.25) is 19.3 Å². The molecule has 1 aromatic rings. The SMILES string of the molecule is C[C@H](OC(=O)[C@H](C)N1C(=O)[C@H]2CC=CC[C@@H]2C1=O)C(=O)Nc1ccccc1C#N. The number of anilines is 1. The molecule has 8 nitrogen and oxygen atoms in total. The van der Waals surface area contributed by atoms with Crippen LogP contribution in [0.1, 0.15) is 32.3 Å². The summed E-state index contributed by atoms with van der Waals surface area (Å²) in [6.45, 7) is 2.80. The molecule has 4 atom stereocenters. The van der Waals surface area contributed by atoms with Crippen molar-refractivity contribution in [1.29, 1.82) is 5.26 Å². The van der Waals surface area contributed by atoms with Crippen LogP contribution in [0, 0.1) is 23.2 Å². The van der Waals surface area contributed by atoms with Crippen LogP contribution in [-0.4, -0.2) is 40.7 Å².